The molecule has 10 nitrogen and oxygen atoms in total. The lowest BCUT2D eigenvalue weighted by atomic mass is 10.3. The van der Waals surface area contributed by atoms with Crippen LogP contribution in [0.25, 0.3) is 39.4 Å². The molecule has 0 unspecified atom stereocenters. The molecule has 0 fully saturated rings. The number of aryl methyl sites for hydroxylation is 1. The van der Waals surface area contributed by atoms with Crippen LogP contribution in [-0.4, -0.2) is 52.1 Å². The highest BCUT2D eigenvalue weighted by Gasteiger charge is 2.17. The highest BCUT2D eigenvalue weighted by Crippen LogP contribution is 2.28. The number of pyridine rings is 2. The molecule has 0 aliphatic heterocycles. The number of nitrogens with one attached hydrogen (secondary N) is 2. The van der Waals surface area contributed by atoms with Crippen molar-refractivity contribution in [2.45, 2.75) is 6.92 Å². The fraction of sp³-hybridized carbons (Fsp3) is 0.100. The van der Waals surface area contributed by atoms with E-state index in [4.69, 9.17) is 10.1 Å². The summed E-state index contributed by atoms with van der Waals surface area (Å²) in [5, 5.41) is 12.6. The van der Waals surface area contributed by atoms with Crippen LogP contribution in [0.2, 0.25) is 0 Å². The van der Waals surface area contributed by atoms with Crippen molar-refractivity contribution in [1.29, 1.82) is 0 Å². The minimum absolute atomic E-state index is 0.223. The highest BCUT2D eigenvalue weighted by molar-refractivity contribution is 5.93. The number of fused-ring (bicyclic) bond motifs is 2. The van der Waals surface area contributed by atoms with Gasteiger partial charge >= 0.3 is 5.97 Å². The molecule has 3 N–H and O–H groups in total. The van der Waals surface area contributed by atoms with Gasteiger partial charge in [-0.2, -0.15) is 0 Å². The summed E-state index contributed by atoms with van der Waals surface area (Å²) < 4.78 is 1.89. The second kappa shape index (κ2) is 6.92. The molecule has 5 heterocycles. The normalized spacial score (nSPS) is 11.2. The van der Waals surface area contributed by atoms with Gasteiger partial charge in [0.2, 0.25) is 0 Å². The Kier molecular flexibility index (Phi) is 4.09. The molecule has 30 heavy (non-hydrogen) atoms. The first-order valence-corrected chi connectivity index (χ1v) is 9.17. The lowest BCUT2D eigenvalue weighted by Gasteiger charge is -2.09. The van der Waals surface area contributed by atoms with Gasteiger partial charge in [0.25, 0.3) is 0 Å². The number of H-pyrrole nitrogens is 1. The van der Waals surface area contributed by atoms with E-state index in [0.717, 1.165) is 16.6 Å². The number of nitrogens with zero attached hydrogens (tertiary/aromatic N) is 6. The van der Waals surface area contributed by atoms with Crippen molar-refractivity contribution in [3.63, 3.8) is 0 Å². The van der Waals surface area contributed by atoms with Crippen molar-refractivity contribution in [3.05, 3.63) is 54.7 Å². The molecule has 0 saturated carbocycles. The molecule has 5 aromatic rings. The second-order valence-corrected chi connectivity index (χ2v) is 6.66. The van der Waals surface area contributed by atoms with Gasteiger partial charge in [-0.05, 0) is 31.2 Å². The summed E-state index contributed by atoms with van der Waals surface area (Å²) in [6, 6.07) is 9.38. The fourth-order valence-electron chi connectivity index (χ4n) is 3.33. The van der Waals surface area contributed by atoms with E-state index in [1.165, 1.54) is 0 Å². The van der Waals surface area contributed by atoms with E-state index in [0.29, 0.717) is 34.3 Å². The summed E-state index contributed by atoms with van der Waals surface area (Å²) >= 11 is 0. The maximum absolute atomic E-state index is 10.9. The number of carbonyl (C=O) groups is 1. The molecule has 5 aromatic heterocycles. The first-order valence-electron chi connectivity index (χ1n) is 9.17. The number of carboxylic acid groups (broad SMARTS) is 1. The first kappa shape index (κ1) is 17.7. The number of aromatic nitrogens is 7. The Morgan fingerprint density at radius 2 is 2.07 bits per heavy atom. The summed E-state index contributed by atoms with van der Waals surface area (Å²) in [6.45, 7) is 1.69. The molecule has 0 amide bonds. The fourth-order valence-corrected chi connectivity index (χ4v) is 3.33. The van der Waals surface area contributed by atoms with E-state index in [-0.39, 0.29) is 6.54 Å². The molecule has 0 aromatic carbocycles. The summed E-state index contributed by atoms with van der Waals surface area (Å²) in [5.74, 6) is 0.609. The van der Waals surface area contributed by atoms with Crippen LogP contribution in [-0.2, 0) is 4.79 Å². The lowest BCUT2D eigenvalue weighted by molar-refractivity contribution is -0.134. The molecule has 0 bridgehead atoms. The van der Waals surface area contributed by atoms with Crippen LogP contribution in [0.15, 0.2) is 49.1 Å². The van der Waals surface area contributed by atoms with E-state index in [2.05, 4.69) is 30.2 Å². The van der Waals surface area contributed by atoms with Crippen LogP contribution in [0.3, 0.4) is 0 Å². The van der Waals surface area contributed by atoms with Crippen LogP contribution in [0.1, 0.15) is 5.69 Å². The molecular weight excluding hydrogens is 384 g/mol. The topological polar surface area (TPSA) is 134 Å². The van der Waals surface area contributed by atoms with Crippen molar-refractivity contribution < 1.29 is 9.90 Å². The monoisotopic (exact) mass is 400 g/mol. The number of rotatable bonds is 5. The van der Waals surface area contributed by atoms with Gasteiger partial charge in [-0.3, -0.25) is 9.36 Å². The number of aliphatic carboxylic acids is 1. The zero-order chi connectivity index (χ0) is 20.7. The number of imidazole rings is 1. The number of carboxylic acids is 1. The van der Waals surface area contributed by atoms with Crippen molar-refractivity contribution in [3.8, 4) is 17.3 Å². The summed E-state index contributed by atoms with van der Waals surface area (Å²) in [6.07, 6.45) is 5.05. The van der Waals surface area contributed by atoms with Crippen molar-refractivity contribution in [2.24, 2.45) is 0 Å². The van der Waals surface area contributed by atoms with Crippen LogP contribution in [0.4, 0.5) is 5.82 Å². The van der Waals surface area contributed by atoms with Crippen molar-refractivity contribution >= 4 is 33.9 Å². The van der Waals surface area contributed by atoms with Crippen molar-refractivity contribution in [1.82, 2.24) is 34.5 Å². The number of anilines is 1. The molecule has 0 aliphatic carbocycles. The summed E-state index contributed by atoms with van der Waals surface area (Å²) in [5.41, 5.74) is 3.55. The summed E-state index contributed by atoms with van der Waals surface area (Å²) in [4.78, 5) is 36.4. The van der Waals surface area contributed by atoms with Crippen LogP contribution < -0.4 is 5.32 Å². The third kappa shape index (κ3) is 3.00. The van der Waals surface area contributed by atoms with Gasteiger partial charge < -0.3 is 15.4 Å². The van der Waals surface area contributed by atoms with E-state index < -0.39 is 5.97 Å². The van der Waals surface area contributed by atoms with E-state index in [1.54, 1.807) is 12.5 Å². The number of aromatic amines is 1. The first-order chi connectivity index (χ1) is 14.6. The van der Waals surface area contributed by atoms with Crippen molar-refractivity contribution in [2.75, 3.05) is 11.9 Å². The molecule has 5 rings (SSSR count). The van der Waals surface area contributed by atoms with Crippen LogP contribution >= 0.6 is 0 Å². The molecule has 0 aliphatic rings. The Morgan fingerprint density at radius 3 is 2.90 bits per heavy atom. The largest absolute Gasteiger partial charge is 0.480 e. The van der Waals surface area contributed by atoms with Gasteiger partial charge in [0, 0.05) is 23.5 Å². The molecule has 0 radical (unpaired) electrons. The molecule has 148 valence electrons. The average molecular weight is 400 g/mol. The van der Waals surface area contributed by atoms with E-state index in [9.17, 15) is 4.79 Å². The Morgan fingerprint density at radius 1 is 1.17 bits per heavy atom. The molecule has 0 saturated heterocycles. The van der Waals surface area contributed by atoms with Gasteiger partial charge in [0.1, 0.15) is 23.6 Å². The maximum atomic E-state index is 10.9. The van der Waals surface area contributed by atoms with Gasteiger partial charge in [-0.1, -0.05) is 6.07 Å². The Bertz CT molecular complexity index is 1400. The highest BCUT2D eigenvalue weighted by atomic mass is 16.4. The Balaban J connectivity index is 1.70. The van der Waals surface area contributed by atoms with E-state index >= 15 is 0 Å². The maximum Gasteiger partial charge on any atom is 0.322 e. The van der Waals surface area contributed by atoms with Gasteiger partial charge in [0.15, 0.2) is 17.3 Å². The third-order valence-corrected chi connectivity index (χ3v) is 4.64. The summed E-state index contributed by atoms with van der Waals surface area (Å²) in [7, 11) is 0. The Labute approximate surface area is 169 Å². The second-order valence-electron chi connectivity index (χ2n) is 6.66. The van der Waals surface area contributed by atoms with Gasteiger partial charge in [-0.15, -0.1) is 0 Å². The van der Waals surface area contributed by atoms with Gasteiger partial charge in [0.05, 0.1) is 11.8 Å². The Hall–Kier alpha value is -4.34. The zero-order valence-corrected chi connectivity index (χ0v) is 15.9. The third-order valence-electron chi connectivity index (χ3n) is 4.64. The van der Waals surface area contributed by atoms with Gasteiger partial charge in [-0.25, -0.2) is 24.9 Å². The molecule has 0 atom stereocenters. The molecule has 10 heteroatoms. The SMILES string of the molecule is Cc1cccc(-c2nc(-n3ccc4c(NCC(=O)O)nccc43)c3[nH]cnc3n2)n1. The smallest absolute Gasteiger partial charge is 0.322 e. The predicted molar refractivity (Wildman–Crippen MR) is 110 cm³/mol. The lowest BCUT2D eigenvalue weighted by Crippen LogP contribution is -2.13. The standard InChI is InChI=1S/C20H16N8O2/c1-11-3-2-4-13(25-11)18-26-19-16(23-10-24-19)20(27-18)28-8-6-12-14(28)5-7-21-17(12)22-9-15(29)30/h2-8,10H,9H2,1H3,(H,21,22)(H,29,30)(H,23,24,26,27). The minimum atomic E-state index is -0.960. The van der Waals surface area contributed by atoms with E-state index in [1.807, 2.05) is 48.0 Å². The minimum Gasteiger partial charge on any atom is -0.480 e. The zero-order valence-electron chi connectivity index (χ0n) is 15.9. The predicted octanol–water partition coefficient (Wildman–Crippen LogP) is 2.56. The molecular formula is C20H16N8O2. The van der Waals surface area contributed by atoms with Crippen LogP contribution in [0.5, 0.6) is 0 Å². The average Bonchev–Trinajstić information content (AvgIpc) is 3.38. The van der Waals surface area contributed by atoms with Crippen LogP contribution in [0, 0.1) is 6.92 Å². The number of hydrogen-bond donors (Lipinski definition) is 3. The quantitative estimate of drug-likeness (QED) is 0.410. The molecule has 0 spiro atoms. The number of hydrogen-bond acceptors (Lipinski definition) is 7.